The van der Waals surface area contributed by atoms with Gasteiger partial charge in [0.2, 0.25) is 0 Å². The largest absolute Gasteiger partial charge is 0.493 e. The molecule has 0 amide bonds. The third-order valence-electron chi connectivity index (χ3n) is 6.17. The van der Waals surface area contributed by atoms with Gasteiger partial charge in [-0.1, -0.05) is 43.0 Å². The lowest BCUT2D eigenvalue weighted by atomic mass is 9.85. The van der Waals surface area contributed by atoms with Gasteiger partial charge in [-0.3, -0.25) is 0 Å². The van der Waals surface area contributed by atoms with Gasteiger partial charge in [-0.25, -0.2) is 0 Å². The van der Waals surface area contributed by atoms with E-state index in [9.17, 15) is 20.4 Å². The van der Waals surface area contributed by atoms with Crippen LogP contribution in [0.3, 0.4) is 0 Å². The van der Waals surface area contributed by atoms with Gasteiger partial charge >= 0.3 is 0 Å². The molecule has 2 aromatic carbocycles. The monoisotopic (exact) mass is 412 g/mol. The summed E-state index contributed by atoms with van der Waals surface area (Å²) in [5.41, 5.74) is 5.96. The fourth-order valence-electron chi connectivity index (χ4n) is 4.41. The highest BCUT2D eigenvalue weighted by Gasteiger charge is 2.45. The van der Waals surface area contributed by atoms with E-state index in [4.69, 9.17) is 9.47 Å². The van der Waals surface area contributed by atoms with Gasteiger partial charge in [-0.15, -0.1) is 0 Å². The Balaban J connectivity index is 1.73. The topological polar surface area (TPSA) is 99.4 Å². The molecule has 0 spiro atoms. The van der Waals surface area contributed by atoms with Gasteiger partial charge in [-0.2, -0.15) is 0 Å². The Kier molecular flexibility index (Phi) is 5.95. The molecule has 4 N–H and O–H groups in total. The Morgan fingerprint density at radius 3 is 2.50 bits per heavy atom. The molecule has 4 rings (SSSR count). The van der Waals surface area contributed by atoms with E-state index >= 15 is 0 Å². The van der Waals surface area contributed by atoms with E-state index in [0.717, 1.165) is 40.0 Å². The molecule has 1 fully saturated rings. The molecule has 6 heteroatoms. The number of rotatable bonds is 5. The van der Waals surface area contributed by atoms with Gasteiger partial charge in [0.25, 0.3) is 0 Å². The van der Waals surface area contributed by atoms with Crippen LogP contribution in [0.1, 0.15) is 39.5 Å². The van der Waals surface area contributed by atoms with Crippen LogP contribution >= 0.6 is 0 Å². The second-order valence-electron chi connectivity index (χ2n) is 8.03. The molecule has 2 aliphatic heterocycles. The Bertz CT molecular complexity index is 920. The molecule has 1 saturated heterocycles. The van der Waals surface area contributed by atoms with Gasteiger partial charge in [0.1, 0.15) is 36.3 Å². The van der Waals surface area contributed by atoms with Crippen molar-refractivity contribution in [1.82, 2.24) is 0 Å². The normalized spacial score (nSPS) is 28.1. The van der Waals surface area contributed by atoms with Crippen LogP contribution in [0.5, 0.6) is 5.75 Å². The van der Waals surface area contributed by atoms with Crippen molar-refractivity contribution in [2.24, 2.45) is 0 Å². The molecule has 5 atom stereocenters. The highest BCUT2D eigenvalue weighted by atomic mass is 16.5. The minimum absolute atomic E-state index is 0.454. The van der Waals surface area contributed by atoms with Gasteiger partial charge in [0.15, 0.2) is 0 Å². The summed E-state index contributed by atoms with van der Waals surface area (Å²) in [6.45, 7) is 5.83. The fourth-order valence-corrected chi connectivity index (χ4v) is 4.41. The molecule has 0 unspecified atom stereocenters. The molecule has 2 aliphatic rings. The third-order valence-corrected chi connectivity index (χ3v) is 6.17. The standard InChI is InChI=1S/C24H28O6/c1-3-14-4-6-15(7-5-14)10-16-11-18(13(2)23-17(16)8-9-29-23)24-22(28)21(27)20(26)19(12-25)30-24/h3-7,11,19-22,24-28H,1,8-10,12H2,2H3/t19-,20+,21+,22+,24+/m1/s1. The highest BCUT2D eigenvalue weighted by Crippen LogP contribution is 2.42. The van der Waals surface area contributed by atoms with E-state index in [1.165, 1.54) is 0 Å². The van der Waals surface area contributed by atoms with E-state index in [0.29, 0.717) is 18.6 Å². The molecule has 30 heavy (non-hydrogen) atoms. The first-order valence-electron chi connectivity index (χ1n) is 10.2. The zero-order valence-corrected chi connectivity index (χ0v) is 17.0. The molecular formula is C24H28O6. The Morgan fingerprint density at radius 1 is 1.10 bits per heavy atom. The molecule has 160 valence electrons. The van der Waals surface area contributed by atoms with E-state index < -0.39 is 37.1 Å². The number of aliphatic hydroxyl groups excluding tert-OH is 4. The minimum atomic E-state index is -1.41. The second-order valence-corrected chi connectivity index (χ2v) is 8.03. The van der Waals surface area contributed by atoms with Crippen molar-refractivity contribution in [3.8, 4) is 5.75 Å². The number of aliphatic hydroxyl groups is 4. The summed E-state index contributed by atoms with van der Waals surface area (Å²) in [5.74, 6) is 0.794. The van der Waals surface area contributed by atoms with Crippen molar-refractivity contribution in [2.45, 2.75) is 50.3 Å². The number of hydrogen-bond donors (Lipinski definition) is 4. The number of hydrogen-bond acceptors (Lipinski definition) is 6. The van der Waals surface area contributed by atoms with Gasteiger partial charge in [0.05, 0.1) is 13.2 Å². The SMILES string of the molecule is C=Cc1ccc(Cc2cc([C@@H]3O[C@H](CO)[C@H](O)[C@H](O)[C@@H]3O)c(C)c3c2CCO3)cc1. The molecule has 0 aromatic heterocycles. The Morgan fingerprint density at radius 2 is 1.83 bits per heavy atom. The summed E-state index contributed by atoms with van der Waals surface area (Å²) in [4.78, 5) is 0. The van der Waals surface area contributed by atoms with Crippen LogP contribution in [0.2, 0.25) is 0 Å². The molecule has 6 nitrogen and oxygen atoms in total. The molecular weight excluding hydrogens is 384 g/mol. The first-order valence-corrected chi connectivity index (χ1v) is 10.2. The quantitative estimate of drug-likeness (QED) is 0.596. The van der Waals surface area contributed by atoms with Crippen LogP contribution in [-0.2, 0) is 17.6 Å². The molecule has 0 saturated carbocycles. The summed E-state index contributed by atoms with van der Waals surface area (Å²) < 4.78 is 11.7. The van der Waals surface area contributed by atoms with Crippen LogP contribution in [0.4, 0.5) is 0 Å². The lowest BCUT2D eigenvalue weighted by Crippen LogP contribution is -2.55. The first-order chi connectivity index (χ1) is 14.4. The smallest absolute Gasteiger partial charge is 0.126 e. The Hall–Kier alpha value is -2.22. The maximum Gasteiger partial charge on any atom is 0.126 e. The molecule has 0 bridgehead atoms. The van der Waals surface area contributed by atoms with Crippen LogP contribution in [-0.4, -0.2) is 58.1 Å². The van der Waals surface area contributed by atoms with Crippen LogP contribution in [0.15, 0.2) is 36.9 Å². The molecule has 2 aromatic rings. The van der Waals surface area contributed by atoms with Gasteiger partial charge < -0.3 is 29.9 Å². The molecule has 2 heterocycles. The van der Waals surface area contributed by atoms with Crippen LogP contribution in [0.25, 0.3) is 6.08 Å². The predicted molar refractivity (Wildman–Crippen MR) is 112 cm³/mol. The maximum atomic E-state index is 10.6. The van der Waals surface area contributed by atoms with E-state index in [1.807, 2.05) is 25.1 Å². The average Bonchev–Trinajstić information content (AvgIpc) is 3.26. The van der Waals surface area contributed by atoms with Crippen LogP contribution < -0.4 is 4.74 Å². The molecule has 0 radical (unpaired) electrons. The summed E-state index contributed by atoms with van der Waals surface area (Å²) in [6.07, 6.45) is -2.63. The van der Waals surface area contributed by atoms with E-state index in [2.05, 4.69) is 18.7 Å². The summed E-state index contributed by atoms with van der Waals surface area (Å²) >= 11 is 0. The second kappa shape index (κ2) is 8.49. The van der Waals surface area contributed by atoms with Gasteiger partial charge in [-0.05, 0) is 41.2 Å². The number of benzene rings is 2. The minimum Gasteiger partial charge on any atom is -0.493 e. The maximum absolute atomic E-state index is 10.6. The zero-order valence-electron chi connectivity index (χ0n) is 17.0. The van der Waals surface area contributed by atoms with Crippen molar-refractivity contribution < 1.29 is 29.9 Å². The Labute approximate surface area is 176 Å². The summed E-state index contributed by atoms with van der Waals surface area (Å²) in [7, 11) is 0. The van der Waals surface area contributed by atoms with Gasteiger partial charge in [0, 0.05) is 12.0 Å². The number of fused-ring (bicyclic) bond motifs is 1. The highest BCUT2D eigenvalue weighted by molar-refractivity contribution is 5.55. The van der Waals surface area contributed by atoms with E-state index in [-0.39, 0.29) is 0 Å². The summed E-state index contributed by atoms with van der Waals surface area (Å²) in [5, 5.41) is 40.5. The van der Waals surface area contributed by atoms with Crippen molar-refractivity contribution in [3.05, 3.63) is 70.3 Å². The lowest BCUT2D eigenvalue weighted by molar-refractivity contribution is -0.231. The summed E-state index contributed by atoms with van der Waals surface area (Å²) in [6, 6.07) is 10.2. The third kappa shape index (κ3) is 3.66. The average molecular weight is 412 g/mol. The van der Waals surface area contributed by atoms with Crippen molar-refractivity contribution >= 4 is 6.08 Å². The first kappa shape index (κ1) is 21.0. The molecule has 0 aliphatic carbocycles. The van der Waals surface area contributed by atoms with E-state index in [1.54, 1.807) is 6.08 Å². The zero-order chi connectivity index (χ0) is 21.4. The number of ether oxygens (including phenoxy) is 2. The fraction of sp³-hybridized carbons (Fsp3) is 0.417. The van der Waals surface area contributed by atoms with Crippen molar-refractivity contribution in [3.63, 3.8) is 0 Å². The lowest BCUT2D eigenvalue weighted by Gasteiger charge is -2.41. The van der Waals surface area contributed by atoms with Crippen molar-refractivity contribution in [1.29, 1.82) is 0 Å². The van der Waals surface area contributed by atoms with Crippen molar-refractivity contribution in [2.75, 3.05) is 13.2 Å². The predicted octanol–water partition coefficient (Wildman–Crippen LogP) is 1.68. The van der Waals surface area contributed by atoms with Crippen LogP contribution in [0, 0.1) is 6.92 Å².